The van der Waals surface area contributed by atoms with Gasteiger partial charge in [0.05, 0.1) is 12.6 Å². The van der Waals surface area contributed by atoms with Gasteiger partial charge in [-0.3, -0.25) is 14.6 Å². The number of benzene rings is 3. The molecule has 44 heavy (non-hydrogen) atoms. The second-order valence-corrected chi connectivity index (χ2v) is 11.7. The first-order valence-corrected chi connectivity index (χ1v) is 15.3. The molecule has 4 aromatic rings. The van der Waals surface area contributed by atoms with Crippen molar-refractivity contribution in [2.24, 2.45) is 0 Å². The number of carbonyl (C=O) groups is 1. The third kappa shape index (κ3) is 6.90. The predicted octanol–water partition coefficient (Wildman–Crippen LogP) is 5.82. The van der Waals surface area contributed by atoms with Crippen molar-refractivity contribution in [3.05, 3.63) is 107 Å². The summed E-state index contributed by atoms with van der Waals surface area (Å²) in [5.41, 5.74) is 6.33. The van der Waals surface area contributed by atoms with Crippen molar-refractivity contribution >= 4 is 23.4 Å². The minimum absolute atomic E-state index is 0.0716. The third-order valence-electron chi connectivity index (χ3n) is 8.69. The van der Waals surface area contributed by atoms with Crippen LogP contribution in [0, 0.1) is 19.7 Å². The van der Waals surface area contributed by atoms with Gasteiger partial charge in [-0.15, -0.1) is 0 Å². The standard InChI is InChI=1S/C35H39FN6O2/c1-24-25(2)37-35(38-30-11-9-29(36)10-12-30)39-34(24)42-16-15-28-21-31(13-14-32(28)26(42)3)44-33(43)23-41-19-17-40(18-20-41)22-27-7-5-4-6-8-27/h4-14,21,26H,15-20,22-23H2,1-3H3,(H,37,38,39). The molecule has 2 aliphatic rings. The maximum Gasteiger partial charge on any atom is 0.325 e. The number of ether oxygens (including phenoxy) is 1. The minimum atomic E-state index is -0.288. The largest absolute Gasteiger partial charge is 0.426 e. The van der Waals surface area contributed by atoms with Crippen LogP contribution in [-0.4, -0.2) is 65.0 Å². The minimum Gasteiger partial charge on any atom is -0.426 e. The number of hydrogen-bond acceptors (Lipinski definition) is 8. The molecule has 0 bridgehead atoms. The van der Waals surface area contributed by atoms with E-state index in [2.05, 4.69) is 62.3 Å². The zero-order valence-electron chi connectivity index (χ0n) is 25.6. The van der Waals surface area contributed by atoms with Crippen LogP contribution in [0.25, 0.3) is 0 Å². The van der Waals surface area contributed by atoms with Crippen LogP contribution >= 0.6 is 0 Å². The summed E-state index contributed by atoms with van der Waals surface area (Å²) in [6.45, 7) is 11.8. The van der Waals surface area contributed by atoms with Gasteiger partial charge in [0.2, 0.25) is 5.95 Å². The first-order chi connectivity index (χ1) is 21.3. The summed E-state index contributed by atoms with van der Waals surface area (Å²) in [7, 11) is 0. The highest BCUT2D eigenvalue weighted by molar-refractivity contribution is 5.74. The number of aromatic nitrogens is 2. The Morgan fingerprint density at radius 3 is 2.41 bits per heavy atom. The molecule has 1 unspecified atom stereocenters. The van der Waals surface area contributed by atoms with Crippen LogP contribution in [0.1, 0.15) is 40.9 Å². The van der Waals surface area contributed by atoms with Crippen molar-refractivity contribution in [2.75, 3.05) is 49.5 Å². The summed E-state index contributed by atoms with van der Waals surface area (Å²) in [6.07, 6.45) is 0.803. The summed E-state index contributed by atoms with van der Waals surface area (Å²) >= 11 is 0. The molecule has 1 atom stereocenters. The van der Waals surface area contributed by atoms with Crippen molar-refractivity contribution in [3.8, 4) is 5.75 Å². The van der Waals surface area contributed by atoms with E-state index in [4.69, 9.17) is 9.72 Å². The van der Waals surface area contributed by atoms with Gasteiger partial charge in [0.1, 0.15) is 17.4 Å². The van der Waals surface area contributed by atoms with Gasteiger partial charge in [0, 0.05) is 56.2 Å². The Morgan fingerprint density at radius 2 is 1.66 bits per heavy atom. The predicted molar refractivity (Wildman–Crippen MR) is 171 cm³/mol. The number of hydrogen-bond donors (Lipinski definition) is 1. The summed E-state index contributed by atoms with van der Waals surface area (Å²) in [5.74, 6) is 1.44. The fraction of sp³-hybridized carbons (Fsp3) is 0.343. The molecule has 9 heteroatoms. The Labute approximate surface area is 258 Å². The lowest BCUT2D eigenvalue weighted by Gasteiger charge is -2.37. The van der Waals surface area contributed by atoms with Gasteiger partial charge < -0.3 is 15.0 Å². The fourth-order valence-electron chi connectivity index (χ4n) is 6.07. The van der Waals surface area contributed by atoms with Crippen molar-refractivity contribution in [2.45, 2.75) is 39.8 Å². The van der Waals surface area contributed by atoms with Gasteiger partial charge in [0.25, 0.3) is 0 Å². The number of carbonyl (C=O) groups excluding carboxylic acids is 1. The topological polar surface area (TPSA) is 73.8 Å². The lowest BCUT2D eigenvalue weighted by atomic mass is 9.93. The van der Waals surface area contributed by atoms with Crippen LogP contribution in [0.15, 0.2) is 72.8 Å². The number of nitrogens with zero attached hydrogens (tertiary/aromatic N) is 5. The molecule has 0 saturated carbocycles. The summed E-state index contributed by atoms with van der Waals surface area (Å²) in [4.78, 5) is 29.2. The lowest BCUT2D eigenvalue weighted by Crippen LogP contribution is -2.48. The van der Waals surface area contributed by atoms with E-state index in [0.717, 1.165) is 68.5 Å². The number of fused-ring (bicyclic) bond motifs is 1. The molecule has 1 saturated heterocycles. The maximum atomic E-state index is 13.4. The van der Waals surface area contributed by atoms with Gasteiger partial charge >= 0.3 is 5.97 Å². The first-order valence-electron chi connectivity index (χ1n) is 15.3. The SMILES string of the molecule is Cc1nc(Nc2ccc(F)cc2)nc(N2CCc3cc(OC(=O)CN4CCN(Cc5ccccc5)CC4)ccc3C2C)c1C. The molecule has 228 valence electrons. The van der Waals surface area contributed by atoms with E-state index in [1.807, 2.05) is 32.0 Å². The summed E-state index contributed by atoms with van der Waals surface area (Å²) in [6, 6.07) is 22.7. The van der Waals surface area contributed by atoms with Crippen molar-refractivity contribution in [3.63, 3.8) is 0 Å². The van der Waals surface area contributed by atoms with E-state index in [0.29, 0.717) is 18.2 Å². The van der Waals surface area contributed by atoms with Gasteiger partial charge in [0.15, 0.2) is 0 Å². The Bertz CT molecular complexity index is 1610. The molecule has 2 aliphatic heterocycles. The first kappa shape index (κ1) is 29.7. The molecule has 0 spiro atoms. The number of halogens is 1. The second-order valence-electron chi connectivity index (χ2n) is 11.7. The third-order valence-corrected chi connectivity index (χ3v) is 8.69. The molecule has 0 amide bonds. The number of nitrogens with one attached hydrogen (secondary N) is 1. The van der Waals surface area contributed by atoms with Crippen LogP contribution in [-0.2, 0) is 17.8 Å². The van der Waals surface area contributed by atoms with Crippen LogP contribution in [0.3, 0.4) is 0 Å². The quantitative estimate of drug-likeness (QED) is 0.202. The number of aryl methyl sites for hydroxylation is 1. The van der Waals surface area contributed by atoms with Gasteiger partial charge in [-0.2, -0.15) is 4.98 Å². The molecule has 1 fully saturated rings. The van der Waals surface area contributed by atoms with Crippen molar-refractivity contribution in [1.82, 2.24) is 19.8 Å². The highest BCUT2D eigenvalue weighted by Crippen LogP contribution is 2.36. The second kappa shape index (κ2) is 13.1. The monoisotopic (exact) mass is 594 g/mol. The van der Waals surface area contributed by atoms with Crippen LogP contribution in [0.4, 0.5) is 21.8 Å². The highest BCUT2D eigenvalue weighted by atomic mass is 19.1. The molecule has 1 aromatic heterocycles. The van der Waals surface area contributed by atoms with Crippen molar-refractivity contribution in [1.29, 1.82) is 0 Å². The molecular weight excluding hydrogens is 555 g/mol. The van der Waals surface area contributed by atoms with Gasteiger partial charge in [-0.25, -0.2) is 9.37 Å². The van der Waals surface area contributed by atoms with E-state index < -0.39 is 0 Å². The van der Waals surface area contributed by atoms with Crippen LogP contribution < -0.4 is 15.0 Å². The summed E-state index contributed by atoms with van der Waals surface area (Å²) in [5, 5.41) is 3.21. The average Bonchev–Trinajstić information content (AvgIpc) is 3.02. The zero-order valence-corrected chi connectivity index (χ0v) is 25.6. The number of anilines is 3. The van der Waals surface area contributed by atoms with E-state index in [1.54, 1.807) is 12.1 Å². The Morgan fingerprint density at radius 1 is 0.932 bits per heavy atom. The molecule has 0 radical (unpaired) electrons. The Kier molecular flexibility index (Phi) is 8.86. The van der Waals surface area contributed by atoms with Gasteiger partial charge in [-0.05, 0) is 80.3 Å². The average molecular weight is 595 g/mol. The number of esters is 1. The smallest absolute Gasteiger partial charge is 0.325 e. The van der Waals surface area contributed by atoms with E-state index in [9.17, 15) is 9.18 Å². The number of rotatable bonds is 8. The Balaban J connectivity index is 1.06. The molecular formula is C35H39FN6O2. The van der Waals surface area contributed by atoms with E-state index in [1.165, 1.54) is 28.8 Å². The van der Waals surface area contributed by atoms with Crippen LogP contribution in [0.5, 0.6) is 5.75 Å². The molecule has 3 aromatic carbocycles. The summed E-state index contributed by atoms with van der Waals surface area (Å²) < 4.78 is 19.2. The normalized spacial score (nSPS) is 17.3. The molecule has 8 nitrogen and oxygen atoms in total. The van der Waals surface area contributed by atoms with Gasteiger partial charge in [-0.1, -0.05) is 36.4 Å². The van der Waals surface area contributed by atoms with E-state index in [-0.39, 0.29) is 17.8 Å². The molecule has 6 rings (SSSR count). The fourth-order valence-corrected chi connectivity index (χ4v) is 6.07. The highest BCUT2D eigenvalue weighted by Gasteiger charge is 2.28. The number of piperazine rings is 1. The zero-order chi connectivity index (χ0) is 30.6. The Hall–Kier alpha value is -4.34. The maximum absolute atomic E-state index is 13.4. The molecule has 0 aliphatic carbocycles. The van der Waals surface area contributed by atoms with Crippen molar-refractivity contribution < 1.29 is 13.9 Å². The van der Waals surface area contributed by atoms with E-state index >= 15 is 0 Å². The molecule has 3 heterocycles. The lowest BCUT2D eigenvalue weighted by molar-refractivity contribution is -0.136. The van der Waals surface area contributed by atoms with Crippen LogP contribution in [0.2, 0.25) is 0 Å². The molecule has 1 N–H and O–H groups in total.